The molecule has 0 aliphatic heterocycles. The van der Waals surface area contributed by atoms with E-state index in [-0.39, 0.29) is 16.5 Å². The molecule has 0 bridgehead atoms. The summed E-state index contributed by atoms with van der Waals surface area (Å²) in [6.45, 7) is 0. The third-order valence-corrected chi connectivity index (χ3v) is 5.38. The highest BCUT2D eigenvalue weighted by atomic mass is 35.5. The van der Waals surface area contributed by atoms with Crippen molar-refractivity contribution in [1.82, 2.24) is 10.1 Å². The molecule has 21 heavy (non-hydrogen) atoms. The van der Waals surface area contributed by atoms with Crippen LogP contribution < -0.4 is 0 Å². The van der Waals surface area contributed by atoms with Crippen molar-refractivity contribution in [2.24, 2.45) is 0 Å². The number of hydrogen-bond donors (Lipinski definition) is 0. The van der Waals surface area contributed by atoms with Crippen LogP contribution in [-0.4, -0.2) is 18.6 Å². The van der Waals surface area contributed by atoms with E-state index >= 15 is 0 Å². The molecule has 0 atom stereocenters. The Morgan fingerprint density at radius 3 is 2.81 bits per heavy atom. The molecule has 5 nitrogen and oxygen atoms in total. The average Bonchev–Trinajstić information content (AvgIpc) is 3.08. The first kappa shape index (κ1) is 14.2. The minimum atomic E-state index is -3.56. The van der Waals surface area contributed by atoms with E-state index in [2.05, 4.69) is 10.1 Å². The van der Waals surface area contributed by atoms with Crippen LogP contribution in [0.15, 0.2) is 51.2 Å². The van der Waals surface area contributed by atoms with E-state index in [1.807, 2.05) is 17.5 Å². The SMILES string of the molecule is O=S(=O)(Cc1noc(-c2cccs2)n1)c1cccc(Cl)c1. The lowest BCUT2D eigenvalue weighted by molar-refractivity contribution is 0.425. The van der Waals surface area contributed by atoms with Gasteiger partial charge in [-0.2, -0.15) is 4.98 Å². The molecule has 0 fully saturated rings. The Morgan fingerprint density at radius 1 is 1.24 bits per heavy atom. The fourth-order valence-electron chi connectivity index (χ4n) is 1.73. The number of benzene rings is 1. The van der Waals surface area contributed by atoms with Gasteiger partial charge in [-0.05, 0) is 29.6 Å². The quantitative estimate of drug-likeness (QED) is 0.727. The van der Waals surface area contributed by atoms with Gasteiger partial charge in [-0.3, -0.25) is 0 Å². The monoisotopic (exact) mass is 340 g/mol. The van der Waals surface area contributed by atoms with Crippen molar-refractivity contribution in [2.75, 3.05) is 0 Å². The standard InChI is InChI=1S/C13H9ClN2O3S2/c14-9-3-1-4-10(7-9)21(17,18)8-12-15-13(19-16-12)11-5-2-6-20-11/h1-7H,8H2. The van der Waals surface area contributed by atoms with Crippen LogP contribution in [0.2, 0.25) is 5.02 Å². The molecule has 3 rings (SSSR count). The lowest BCUT2D eigenvalue weighted by Crippen LogP contribution is -2.06. The van der Waals surface area contributed by atoms with Crippen molar-refractivity contribution in [3.05, 3.63) is 52.6 Å². The van der Waals surface area contributed by atoms with Crippen LogP contribution in [0.4, 0.5) is 0 Å². The first-order valence-electron chi connectivity index (χ1n) is 5.89. The van der Waals surface area contributed by atoms with Crippen LogP contribution in [0.3, 0.4) is 0 Å². The van der Waals surface area contributed by atoms with Crippen LogP contribution in [0.25, 0.3) is 10.8 Å². The van der Waals surface area contributed by atoms with Gasteiger partial charge in [-0.15, -0.1) is 11.3 Å². The van der Waals surface area contributed by atoms with Crippen LogP contribution in [-0.2, 0) is 15.6 Å². The summed E-state index contributed by atoms with van der Waals surface area (Å²) in [4.78, 5) is 5.04. The van der Waals surface area contributed by atoms with Gasteiger partial charge < -0.3 is 4.52 Å². The van der Waals surface area contributed by atoms with E-state index < -0.39 is 9.84 Å². The zero-order valence-electron chi connectivity index (χ0n) is 10.6. The third-order valence-electron chi connectivity index (χ3n) is 2.67. The van der Waals surface area contributed by atoms with Crippen LogP contribution in [0.5, 0.6) is 0 Å². The highest BCUT2D eigenvalue weighted by molar-refractivity contribution is 7.90. The number of nitrogens with zero attached hydrogens (tertiary/aromatic N) is 2. The first-order chi connectivity index (χ1) is 10.0. The summed E-state index contributed by atoms with van der Waals surface area (Å²) in [5, 5.41) is 5.95. The second-order valence-corrected chi connectivity index (χ2v) is 7.58. The van der Waals surface area contributed by atoms with Gasteiger partial charge in [0.25, 0.3) is 5.89 Å². The molecule has 0 spiro atoms. The van der Waals surface area contributed by atoms with Gasteiger partial charge in [0.1, 0.15) is 5.75 Å². The summed E-state index contributed by atoms with van der Waals surface area (Å²) in [5.41, 5.74) is 0. The van der Waals surface area contributed by atoms with Crippen molar-refractivity contribution in [1.29, 1.82) is 0 Å². The molecule has 8 heteroatoms. The van der Waals surface area contributed by atoms with Gasteiger partial charge in [-0.1, -0.05) is 28.9 Å². The molecule has 0 saturated heterocycles. The Bertz CT molecular complexity index is 857. The molecule has 0 N–H and O–H groups in total. The predicted molar refractivity (Wildman–Crippen MR) is 80.0 cm³/mol. The Balaban J connectivity index is 1.86. The molecule has 2 heterocycles. The molecule has 1 aromatic carbocycles. The molecule has 0 saturated carbocycles. The molecule has 108 valence electrons. The Hall–Kier alpha value is -1.70. The van der Waals surface area contributed by atoms with Crippen molar-refractivity contribution < 1.29 is 12.9 Å². The number of rotatable bonds is 4. The second kappa shape index (κ2) is 5.59. The maximum absolute atomic E-state index is 12.3. The molecular weight excluding hydrogens is 332 g/mol. The maximum atomic E-state index is 12.3. The summed E-state index contributed by atoms with van der Waals surface area (Å²) in [6, 6.07) is 9.77. The summed E-state index contributed by atoms with van der Waals surface area (Å²) in [7, 11) is -3.56. The first-order valence-corrected chi connectivity index (χ1v) is 8.80. The lowest BCUT2D eigenvalue weighted by atomic mass is 10.4. The highest BCUT2D eigenvalue weighted by Gasteiger charge is 2.20. The summed E-state index contributed by atoms with van der Waals surface area (Å²) >= 11 is 7.26. The number of sulfone groups is 1. The van der Waals surface area contributed by atoms with Crippen LogP contribution >= 0.6 is 22.9 Å². The summed E-state index contributed by atoms with van der Waals surface area (Å²) < 4.78 is 29.6. The molecule has 0 radical (unpaired) electrons. The Kier molecular flexibility index (Phi) is 3.79. The molecule has 0 unspecified atom stereocenters. The molecule has 0 amide bonds. The van der Waals surface area contributed by atoms with E-state index in [0.29, 0.717) is 10.9 Å². The van der Waals surface area contributed by atoms with Gasteiger partial charge in [-0.25, -0.2) is 8.42 Å². The maximum Gasteiger partial charge on any atom is 0.268 e. The van der Waals surface area contributed by atoms with Gasteiger partial charge in [0, 0.05) is 5.02 Å². The van der Waals surface area contributed by atoms with E-state index in [4.69, 9.17) is 16.1 Å². The Morgan fingerprint density at radius 2 is 2.10 bits per heavy atom. The zero-order valence-corrected chi connectivity index (χ0v) is 13.0. The van der Waals surface area contributed by atoms with E-state index in [9.17, 15) is 8.42 Å². The van der Waals surface area contributed by atoms with Crippen molar-refractivity contribution >= 4 is 32.8 Å². The number of halogens is 1. The van der Waals surface area contributed by atoms with Crippen molar-refractivity contribution in [3.63, 3.8) is 0 Å². The largest absolute Gasteiger partial charge is 0.333 e. The zero-order chi connectivity index (χ0) is 14.9. The number of aromatic nitrogens is 2. The normalized spacial score (nSPS) is 11.7. The minimum Gasteiger partial charge on any atom is -0.333 e. The molecule has 2 aromatic heterocycles. The third kappa shape index (κ3) is 3.15. The van der Waals surface area contributed by atoms with Gasteiger partial charge in [0.05, 0.1) is 9.77 Å². The fraction of sp³-hybridized carbons (Fsp3) is 0.0769. The lowest BCUT2D eigenvalue weighted by Gasteiger charge is -2.01. The molecule has 0 aliphatic carbocycles. The average molecular weight is 341 g/mol. The number of thiophene rings is 1. The van der Waals surface area contributed by atoms with Crippen molar-refractivity contribution in [2.45, 2.75) is 10.6 Å². The van der Waals surface area contributed by atoms with Crippen LogP contribution in [0, 0.1) is 0 Å². The topological polar surface area (TPSA) is 73.1 Å². The van der Waals surface area contributed by atoms with Gasteiger partial charge >= 0.3 is 0 Å². The number of hydrogen-bond acceptors (Lipinski definition) is 6. The van der Waals surface area contributed by atoms with E-state index in [1.54, 1.807) is 12.1 Å². The predicted octanol–water partition coefficient (Wildman–Crippen LogP) is 3.43. The van der Waals surface area contributed by atoms with Gasteiger partial charge in [0.15, 0.2) is 15.7 Å². The molecular formula is C13H9ClN2O3S2. The summed E-state index contributed by atoms with van der Waals surface area (Å²) in [5.74, 6) is 0.113. The fourth-order valence-corrected chi connectivity index (χ4v) is 3.84. The van der Waals surface area contributed by atoms with Gasteiger partial charge in [0.2, 0.25) is 0 Å². The second-order valence-electron chi connectivity index (χ2n) is 4.21. The highest BCUT2D eigenvalue weighted by Crippen LogP contribution is 2.24. The summed E-state index contributed by atoms with van der Waals surface area (Å²) in [6.07, 6.45) is 0. The Labute approximate surface area is 130 Å². The molecule has 0 aliphatic rings. The van der Waals surface area contributed by atoms with Crippen LogP contribution in [0.1, 0.15) is 5.82 Å². The van der Waals surface area contributed by atoms with E-state index in [1.165, 1.54) is 23.5 Å². The minimum absolute atomic E-state index is 0.123. The smallest absolute Gasteiger partial charge is 0.268 e. The molecule has 3 aromatic rings. The van der Waals surface area contributed by atoms with Crippen molar-refractivity contribution in [3.8, 4) is 10.8 Å². The van der Waals surface area contributed by atoms with E-state index in [0.717, 1.165) is 4.88 Å².